The number of carbonyl (C=O) groups excluding carboxylic acids is 1. The highest BCUT2D eigenvalue weighted by molar-refractivity contribution is 7.99. The molecule has 0 unspecified atom stereocenters. The minimum atomic E-state index is -0.0967. The molecule has 0 spiro atoms. The monoisotopic (exact) mass is 306 g/mol. The van der Waals surface area contributed by atoms with Crippen molar-refractivity contribution in [2.45, 2.75) is 44.7 Å². The van der Waals surface area contributed by atoms with Crippen molar-refractivity contribution in [3.8, 4) is 0 Å². The number of aromatic nitrogens is 2. The van der Waals surface area contributed by atoms with Crippen LogP contribution in [0.1, 0.15) is 38.8 Å². The predicted molar refractivity (Wildman–Crippen MR) is 85.8 cm³/mol. The number of ether oxygens (including phenoxy) is 1. The van der Waals surface area contributed by atoms with Gasteiger partial charge in [-0.3, -0.25) is 9.20 Å². The van der Waals surface area contributed by atoms with E-state index in [9.17, 15) is 4.79 Å². The van der Waals surface area contributed by atoms with Crippen LogP contribution in [0, 0.1) is 0 Å². The van der Waals surface area contributed by atoms with Crippen LogP contribution in [0.5, 0.6) is 0 Å². The molecule has 0 saturated heterocycles. The lowest BCUT2D eigenvalue weighted by Crippen LogP contribution is -2.04. The molecule has 0 amide bonds. The van der Waals surface area contributed by atoms with E-state index in [1.807, 2.05) is 13.1 Å². The molecule has 2 aromatic rings. The molecule has 0 fully saturated rings. The van der Waals surface area contributed by atoms with Gasteiger partial charge in [0.15, 0.2) is 5.16 Å². The number of aryl methyl sites for hydroxylation is 1. The van der Waals surface area contributed by atoms with Crippen molar-refractivity contribution in [3.05, 3.63) is 30.1 Å². The standard InChI is InChI=1S/C16H22N2O2S/c1-3-20-15(19)11-6-5-8-13-9-7-10-14-12-17-16(18(13)14)21-4-2/h7,9-10,12H,3-6,8,11H2,1-2H3. The molecule has 2 rings (SSSR count). The minimum Gasteiger partial charge on any atom is -0.466 e. The molecule has 4 nitrogen and oxygen atoms in total. The summed E-state index contributed by atoms with van der Waals surface area (Å²) in [4.78, 5) is 15.8. The Morgan fingerprint density at radius 3 is 2.95 bits per heavy atom. The Labute approximate surface area is 129 Å². The summed E-state index contributed by atoms with van der Waals surface area (Å²) >= 11 is 1.75. The number of thioether (sulfide) groups is 1. The van der Waals surface area contributed by atoms with Crippen molar-refractivity contribution in [3.63, 3.8) is 0 Å². The van der Waals surface area contributed by atoms with Gasteiger partial charge in [-0.05, 0) is 44.1 Å². The van der Waals surface area contributed by atoms with Crippen LogP contribution in [0.15, 0.2) is 29.6 Å². The molecule has 0 atom stereocenters. The number of carbonyl (C=O) groups is 1. The van der Waals surface area contributed by atoms with Crippen LogP contribution in [0.2, 0.25) is 0 Å². The number of rotatable bonds is 8. The smallest absolute Gasteiger partial charge is 0.305 e. The zero-order chi connectivity index (χ0) is 15.1. The molecule has 0 N–H and O–H groups in total. The highest BCUT2D eigenvalue weighted by Gasteiger charge is 2.08. The van der Waals surface area contributed by atoms with E-state index in [-0.39, 0.29) is 5.97 Å². The molecule has 0 saturated carbocycles. The Kier molecular flexibility index (Phi) is 6.11. The Morgan fingerprint density at radius 2 is 2.19 bits per heavy atom. The second-order valence-corrected chi connectivity index (χ2v) is 5.99. The quantitative estimate of drug-likeness (QED) is 0.423. The summed E-state index contributed by atoms with van der Waals surface area (Å²) in [7, 11) is 0. The maximum Gasteiger partial charge on any atom is 0.305 e. The summed E-state index contributed by atoms with van der Waals surface area (Å²) in [6.45, 7) is 4.43. The molecule has 0 aliphatic rings. The van der Waals surface area contributed by atoms with Gasteiger partial charge in [0.2, 0.25) is 0 Å². The number of imidazole rings is 1. The number of nitrogens with zero attached hydrogens (tertiary/aromatic N) is 2. The molecular formula is C16H22N2O2S. The van der Waals surface area contributed by atoms with E-state index in [2.05, 4.69) is 34.5 Å². The van der Waals surface area contributed by atoms with Gasteiger partial charge in [0.05, 0.1) is 18.3 Å². The maximum absolute atomic E-state index is 11.3. The number of esters is 1. The van der Waals surface area contributed by atoms with Gasteiger partial charge in [-0.2, -0.15) is 0 Å². The minimum absolute atomic E-state index is 0.0967. The second kappa shape index (κ2) is 8.08. The number of hydrogen-bond donors (Lipinski definition) is 0. The molecule has 0 aliphatic carbocycles. The summed E-state index contributed by atoms with van der Waals surface area (Å²) in [5, 5.41) is 1.05. The summed E-state index contributed by atoms with van der Waals surface area (Å²) in [6, 6.07) is 6.28. The van der Waals surface area contributed by atoms with Crippen LogP contribution in [0.3, 0.4) is 0 Å². The lowest BCUT2D eigenvalue weighted by atomic mass is 10.1. The Balaban J connectivity index is 1.98. The summed E-state index contributed by atoms with van der Waals surface area (Å²) in [5.74, 6) is 0.914. The van der Waals surface area contributed by atoms with Crippen molar-refractivity contribution < 1.29 is 9.53 Å². The summed E-state index contributed by atoms with van der Waals surface area (Å²) < 4.78 is 7.17. The molecule has 0 aromatic carbocycles. The Bertz CT molecular complexity index is 595. The van der Waals surface area contributed by atoms with Crippen molar-refractivity contribution in [2.24, 2.45) is 0 Å². The van der Waals surface area contributed by atoms with Crippen LogP contribution in [0.25, 0.3) is 5.52 Å². The van der Waals surface area contributed by atoms with Gasteiger partial charge in [-0.1, -0.05) is 24.8 Å². The average molecular weight is 306 g/mol. The van der Waals surface area contributed by atoms with E-state index in [1.165, 1.54) is 5.69 Å². The fraction of sp³-hybridized carbons (Fsp3) is 0.500. The maximum atomic E-state index is 11.3. The predicted octanol–water partition coefficient (Wildman–Crippen LogP) is 3.72. The molecule has 2 aromatic heterocycles. The molecule has 5 heteroatoms. The largest absolute Gasteiger partial charge is 0.466 e. The molecule has 0 bridgehead atoms. The fourth-order valence-corrected chi connectivity index (χ4v) is 3.06. The molecule has 21 heavy (non-hydrogen) atoms. The van der Waals surface area contributed by atoms with Crippen molar-refractivity contribution in [1.82, 2.24) is 9.38 Å². The average Bonchev–Trinajstić information content (AvgIpc) is 2.88. The van der Waals surface area contributed by atoms with Gasteiger partial charge in [0.1, 0.15) is 0 Å². The molecule has 0 radical (unpaired) electrons. The molecule has 114 valence electrons. The zero-order valence-electron chi connectivity index (χ0n) is 12.7. The van der Waals surface area contributed by atoms with E-state index in [0.717, 1.165) is 35.7 Å². The van der Waals surface area contributed by atoms with E-state index in [1.54, 1.807) is 11.8 Å². The van der Waals surface area contributed by atoms with E-state index >= 15 is 0 Å². The van der Waals surface area contributed by atoms with Crippen molar-refractivity contribution in [2.75, 3.05) is 12.4 Å². The van der Waals surface area contributed by atoms with Crippen LogP contribution in [-0.4, -0.2) is 27.7 Å². The Hall–Kier alpha value is -1.49. The van der Waals surface area contributed by atoms with Crippen LogP contribution < -0.4 is 0 Å². The van der Waals surface area contributed by atoms with Gasteiger partial charge >= 0.3 is 5.97 Å². The highest BCUT2D eigenvalue weighted by atomic mass is 32.2. The number of fused-ring (bicyclic) bond motifs is 1. The lowest BCUT2D eigenvalue weighted by molar-refractivity contribution is -0.143. The molecule has 2 heterocycles. The van der Waals surface area contributed by atoms with E-state index in [0.29, 0.717) is 13.0 Å². The first-order chi connectivity index (χ1) is 10.3. The highest BCUT2D eigenvalue weighted by Crippen LogP contribution is 2.21. The third-order valence-electron chi connectivity index (χ3n) is 3.24. The van der Waals surface area contributed by atoms with Gasteiger partial charge in [-0.15, -0.1) is 0 Å². The van der Waals surface area contributed by atoms with Crippen LogP contribution in [0.4, 0.5) is 0 Å². The SMILES string of the molecule is CCOC(=O)CCCCc1cccc2cnc(SCC)n12. The number of unbranched alkanes of at least 4 members (excludes halogenated alkanes) is 1. The van der Waals surface area contributed by atoms with Crippen LogP contribution >= 0.6 is 11.8 Å². The normalized spacial score (nSPS) is 11.0. The number of pyridine rings is 1. The summed E-state index contributed by atoms with van der Waals surface area (Å²) in [5.41, 5.74) is 2.39. The van der Waals surface area contributed by atoms with Gasteiger partial charge in [-0.25, -0.2) is 4.98 Å². The lowest BCUT2D eigenvalue weighted by Gasteiger charge is -2.08. The first-order valence-corrected chi connectivity index (χ1v) is 8.48. The summed E-state index contributed by atoms with van der Waals surface area (Å²) in [6.07, 6.45) is 5.21. The third kappa shape index (κ3) is 4.24. The topological polar surface area (TPSA) is 43.6 Å². The van der Waals surface area contributed by atoms with Crippen molar-refractivity contribution in [1.29, 1.82) is 0 Å². The second-order valence-electron chi connectivity index (χ2n) is 4.76. The first-order valence-electron chi connectivity index (χ1n) is 7.50. The fourth-order valence-electron chi connectivity index (χ4n) is 2.32. The van der Waals surface area contributed by atoms with E-state index in [4.69, 9.17) is 4.74 Å². The third-order valence-corrected chi connectivity index (χ3v) is 4.08. The number of hydrogen-bond acceptors (Lipinski definition) is 4. The Morgan fingerprint density at radius 1 is 1.33 bits per heavy atom. The van der Waals surface area contributed by atoms with Gasteiger partial charge in [0, 0.05) is 12.1 Å². The van der Waals surface area contributed by atoms with E-state index < -0.39 is 0 Å². The molecular weight excluding hydrogens is 284 g/mol. The van der Waals surface area contributed by atoms with Gasteiger partial charge < -0.3 is 4.74 Å². The zero-order valence-corrected chi connectivity index (χ0v) is 13.5. The molecule has 0 aliphatic heterocycles. The first kappa shape index (κ1) is 15.9. The van der Waals surface area contributed by atoms with Crippen LogP contribution in [-0.2, 0) is 16.0 Å². The van der Waals surface area contributed by atoms with Gasteiger partial charge in [0.25, 0.3) is 0 Å². The van der Waals surface area contributed by atoms with Crippen molar-refractivity contribution >= 4 is 23.2 Å².